The molecule has 0 aliphatic rings. The van der Waals surface area contributed by atoms with Crippen LogP contribution in [0.25, 0.3) is 0 Å². The molecular formula is H3BBaCs2O3+4. The second-order valence-corrected chi connectivity index (χ2v) is 0.346. The van der Waals surface area contributed by atoms with Crippen LogP contribution in [0.3, 0.4) is 0 Å². The van der Waals surface area contributed by atoms with Gasteiger partial charge in [0.25, 0.3) is 0 Å². The Balaban J connectivity index is -0.0000000150. The fraction of sp³-hybridized carbons (Fsp3) is 0. The average Bonchev–Trinajstić information content (AvgIpc) is 0.811. The van der Waals surface area contributed by atoms with E-state index in [-0.39, 0.29) is 187 Å². The molecular weight excluding hydrogens is 462 g/mol. The minimum Gasteiger partial charge on any atom is -0.402 e. The third-order valence-electron chi connectivity index (χ3n) is 0. The van der Waals surface area contributed by atoms with E-state index in [2.05, 4.69) is 0 Å². The Morgan fingerprint density at radius 1 is 0.857 bits per heavy atom. The van der Waals surface area contributed by atoms with Gasteiger partial charge in [0.05, 0.1) is 0 Å². The molecule has 0 rings (SSSR count). The zero-order chi connectivity index (χ0) is 3.58. The molecule has 24 valence electrons. The summed E-state index contributed by atoms with van der Waals surface area (Å²) >= 11 is 0. The van der Waals surface area contributed by atoms with Crippen LogP contribution in [0.2, 0.25) is 0 Å². The first-order valence-electron chi connectivity index (χ1n) is 0.775. The topological polar surface area (TPSA) is 60.7 Å². The minimum atomic E-state index is -2.17. The summed E-state index contributed by atoms with van der Waals surface area (Å²) in [5.74, 6) is 0. The molecule has 0 amide bonds. The van der Waals surface area contributed by atoms with Gasteiger partial charge in [-0.3, -0.25) is 0 Å². The Morgan fingerprint density at radius 3 is 0.857 bits per heavy atom. The first kappa shape index (κ1) is 22.9. The van der Waals surface area contributed by atoms with Crippen molar-refractivity contribution in [2.75, 3.05) is 0 Å². The summed E-state index contributed by atoms with van der Waals surface area (Å²) in [5, 5.41) is 21.5. The van der Waals surface area contributed by atoms with Crippen molar-refractivity contribution >= 4 is 56.2 Å². The summed E-state index contributed by atoms with van der Waals surface area (Å²) in [6.45, 7) is 0. The Bertz CT molecular complexity index is 17.7. The largest absolute Gasteiger partial charge is 2.00 e. The van der Waals surface area contributed by atoms with E-state index in [0.29, 0.717) is 0 Å². The zero-order valence-electron chi connectivity index (χ0n) is 4.63. The Kier molecular flexibility index (Phi) is 57.8. The zero-order valence-corrected chi connectivity index (χ0v) is 21.6. The van der Waals surface area contributed by atoms with Crippen molar-refractivity contribution in [3.63, 3.8) is 0 Å². The molecule has 0 aliphatic heterocycles. The molecule has 0 radical (unpaired) electrons. The van der Waals surface area contributed by atoms with Crippen LogP contribution >= 0.6 is 0 Å². The smallest absolute Gasteiger partial charge is 0.402 e. The van der Waals surface area contributed by atoms with Crippen molar-refractivity contribution in [3.8, 4) is 0 Å². The van der Waals surface area contributed by atoms with Gasteiger partial charge in [-0.05, 0) is 0 Å². The van der Waals surface area contributed by atoms with E-state index in [9.17, 15) is 0 Å². The van der Waals surface area contributed by atoms with Crippen LogP contribution in [-0.2, 0) is 0 Å². The van der Waals surface area contributed by atoms with E-state index < -0.39 is 7.32 Å². The van der Waals surface area contributed by atoms with Crippen LogP contribution in [0.4, 0.5) is 0 Å². The molecule has 0 spiro atoms. The Labute approximate surface area is 201 Å². The van der Waals surface area contributed by atoms with Crippen LogP contribution in [0.5, 0.6) is 0 Å². The quantitative estimate of drug-likeness (QED) is 0.312. The van der Waals surface area contributed by atoms with E-state index in [1.165, 1.54) is 0 Å². The van der Waals surface area contributed by atoms with E-state index in [1.54, 1.807) is 0 Å². The Hall–Kier alpha value is 5.62. The molecule has 0 saturated heterocycles. The van der Waals surface area contributed by atoms with Crippen LogP contribution < -0.4 is 138 Å². The molecule has 3 N–H and O–H groups in total. The standard InChI is InChI=1S/BH3O3.Ba.2Cs/c2-1(3)4;;;/h2-4H;;;/q;+2;2*+1. The summed E-state index contributed by atoms with van der Waals surface area (Å²) in [6, 6.07) is 0. The monoisotopic (exact) mass is 466 g/mol. The summed E-state index contributed by atoms with van der Waals surface area (Å²) in [5.41, 5.74) is 0. The minimum absolute atomic E-state index is 0. The van der Waals surface area contributed by atoms with Gasteiger partial charge in [0.2, 0.25) is 0 Å². The molecule has 7 heteroatoms. The van der Waals surface area contributed by atoms with Crippen molar-refractivity contribution in [3.05, 3.63) is 0 Å². The van der Waals surface area contributed by atoms with Crippen LogP contribution in [0.15, 0.2) is 0 Å². The van der Waals surface area contributed by atoms with E-state index in [0.717, 1.165) is 0 Å². The van der Waals surface area contributed by atoms with Gasteiger partial charge in [0, 0.05) is 0 Å². The van der Waals surface area contributed by atoms with Crippen LogP contribution in [-0.4, -0.2) is 71.3 Å². The summed E-state index contributed by atoms with van der Waals surface area (Å²) in [4.78, 5) is 0. The van der Waals surface area contributed by atoms with Crippen molar-refractivity contribution in [2.45, 2.75) is 0 Å². The molecule has 7 heavy (non-hydrogen) atoms. The van der Waals surface area contributed by atoms with Gasteiger partial charge >= 0.3 is 194 Å². The van der Waals surface area contributed by atoms with Crippen LogP contribution in [0.1, 0.15) is 0 Å². The van der Waals surface area contributed by atoms with Gasteiger partial charge in [-0.1, -0.05) is 0 Å². The van der Waals surface area contributed by atoms with Crippen molar-refractivity contribution in [2.24, 2.45) is 0 Å². The maximum Gasteiger partial charge on any atom is 2.00 e. The van der Waals surface area contributed by atoms with Gasteiger partial charge in [0.15, 0.2) is 0 Å². The van der Waals surface area contributed by atoms with Crippen molar-refractivity contribution in [1.29, 1.82) is 0 Å². The van der Waals surface area contributed by atoms with Crippen molar-refractivity contribution in [1.82, 2.24) is 0 Å². The number of hydrogen-bond acceptors (Lipinski definition) is 3. The number of hydrogen-bond donors (Lipinski definition) is 3. The van der Waals surface area contributed by atoms with E-state index >= 15 is 0 Å². The summed E-state index contributed by atoms with van der Waals surface area (Å²) < 4.78 is 0. The van der Waals surface area contributed by atoms with E-state index in [4.69, 9.17) is 15.1 Å². The molecule has 0 fully saturated rings. The van der Waals surface area contributed by atoms with Gasteiger partial charge in [0.1, 0.15) is 0 Å². The molecule has 0 heterocycles. The second-order valence-electron chi connectivity index (χ2n) is 0.346. The molecule has 0 unspecified atom stereocenters. The molecule has 0 aromatic carbocycles. The first-order chi connectivity index (χ1) is 1.73. The first-order valence-corrected chi connectivity index (χ1v) is 0.775. The predicted octanol–water partition coefficient (Wildman–Crippen LogP) is -8.42. The molecule has 0 aromatic heterocycles. The third-order valence-corrected chi connectivity index (χ3v) is 0. The van der Waals surface area contributed by atoms with Crippen LogP contribution in [0, 0.1) is 0 Å². The van der Waals surface area contributed by atoms with Crippen molar-refractivity contribution < 1.29 is 153 Å². The maximum absolute atomic E-state index is 7.17. The Morgan fingerprint density at radius 2 is 0.857 bits per heavy atom. The molecule has 0 bridgehead atoms. The van der Waals surface area contributed by atoms with E-state index in [1.807, 2.05) is 0 Å². The van der Waals surface area contributed by atoms with Gasteiger partial charge < -0.3 is 15.1 Å². The SMILES string of the molecule is OB(O)O.[Ba+2].[Cs+].[Cs+]. The molecule has 0 aliphatic carbocycles. The average molecular weight is 465 g/mol. The molecule has 0 atom stereocenters. The molecule has 0 aromatic rings. The fourth-order valence-corrected chi connectivity index (χ4v) is 0. The predicted molar refractivity (Wildman–Crippen MR) is 18.2 cm³/mol. The summed E-state index contributed by atoms with van der Waals surface area (Å²) in [7, 11) is -2.17. The summed E-state index contributed by atoms with van der Waals surface area (Å²) in [6.07, 6.45) is 0. The van der Waals surface area contributed by atoms with Gasteiger partial charge in [-0.2, -0.15) is 0 Å². The maximum atomic E-state index is 7.17. The molecule has 0 saturated carbocycles. The van der Waals surface area contributed by atoms with Gasteiger partial charge in [-0.25, -0.2) is 0 Å². The normalized spacial score (nSPS) is 3.86. The third kappa shape index (κ3) is 34.0. The second kappa shape index (κ2) is 17.6. The fourth-order valence-electron chi connectivity index (χ4n) is 0. The number of rotatable bonds is 0. The van der Waals surface area contributed by atoms with Gasteiger partial charge in [-0.15, -0.1) is 0 Å². The molecule has 3 nitrogen and oxygen atoms in total.